The van der Waals surface area contributed by atoms with Crippen LogP contribution in [0.2, 0.25) is 0 Å². The first-order valence-corrected chi connectivity index (χ1v) is 24.1. The summed E-state index contributed by atoms with van der Waals surface area (Å²) in [5, 5.41) is 44.7. The summed E-state index contributed by atoms with van der Waals surface area (Å²) in [5.74, 6) is -0.235. The Morgan fingerprint density at radius 3 is 1.67 bits per heavy atom. The van der Waals surface area contributed by atoms with E-state index in [0.29, 0.717) is 12.8 Å². The Balaban J connectivity index is 2.47. The summed E-state index contributed by atoms with van der Waals surface area (Å²) in [7, 11) is -5.07. The SMILES string of the molecule is CCCCC/C=C\C=C/CCCCCCCCCCCCC(=O)NC(COC1OC(CO)C(O)C(OS(=O)(=O)O)C1O)C(O)CCCCCCCCCCCCC. The van der Waals surface area contributed by atoms with Gasteiger partial charge in [0.1, 0.15) is 24.4 Å². The smallest absolute Gasteiger partial charge is 0.394 e. The summed E-state index contributed by atoms with van der Waals surface area (Å²) < 4.78 is 47.6. The topological polar surface area (TPSA) is 192 Å². The van der Waals surface area contributed by atoms with Gasteiger partial charge in [-0.15, -0.1) is 0 Å². The molecule has 0 aromatic rings. The molecule has 0 bridgehead atoms. The predicted molar refractivity (Wildman–Crippen MR) is 227 cm³/mol. The lowest BCUT2D eigenvalue weighted by molar-refractivity contribution is -0.298. The van der Waals surface area contributed by atoms with Gasteiger partial charge in [0.15, 0.2) is 6.29 Å². The highest BCUT2D eigenvalue weighted by atomic mass is 32.3. The van der Waals surface area contributed by atoms with Gasteiger partial charge in [-0.05, 0) is 38.5 Å². The van der Waals surface area contributed by atoms with Gasteiger partial charge in [-0.25, -0.2) is 4.18 Å². The van der Waals surface area contributed by atoms with Crippen molar-refractivity contribution in [3.63, 3.8) is 0 Å². The van der Waals surface area contributed by atoms with Gasteiger partial charge in [-0.1, -0.05) is 173 Å². The number of rotatable bonds is 38. The highest BCUT2D eigenvalue weighted by Gasteiger charge is 2.48. The Kier molecular flexibility index (Phi) is 33.2. The highest BCUT2D eigenvalue weighted by molar-refractivity contribution is 7.80. The molecule has 0 saturated carbocycles. The molecule has 7 unspecified atom stereocenters. The fourth-order valence-electron chi connectivity index (χ4n) is 7.21. The van der Waals surface area contributed by atoms with Crippen molar-refractivity contribution in [2.24, 2.45) is 0 Å². The van der Waals surface area contributed by atoms with Crippen LogP contribution in [0.1, 0.15) is 194 Å². The lowest BCUT2D eigenvalue weighted by Gasteiger charge is -2.41. The van der Waals surface area contributed by atoms with Crippen LogP contribution in [0.15, 0.2) is 24.3 Å². The molecule has 13 heteroatoms. The third-order valence-corrected chi connectivity index (χ3v) is 11.3. The van der Waals surface area contributed by atoms with E-state index >= 15 is 0 Å². The summed E-state index contributed by atoms with van der Waals surface area (Å²) in [5.41, 5.74) is 0. The number of carbonyl (C=O) groups is 1. The number of nitrogens with one attached hydrogen (secondary N) is 1. The predicted octanol–water partition coefficient (Wildman–Crippen LogP) is 8.55. The zero-order valence-electron chi connectivity index (χ0n) is 35.7. The molecule has 0 aromatic heterocycles. The second kappa shape index (κ2) is 35.3. The molecule has 1 amide bonds. The van der Waals surface area contributed by atoms with Crippen molar-refractivity contribution in [1.82, 2.24) is 5.32 Å². The quantitative estimate of drug-likeness (QED) is 0.0198. The monoisotopic (exact) mass is 834 g/mol. The summed E-state index contributed by atoms with van der Waals surface area (Å²) in [6, 6.07) is -0.857. The second-order valence-electron chi connectivity index (χ2n) is 16.0. The molecule has 1 aliphatic rings. The Bertz CT molecular complexity index is 1120. The van der Waals surface area contributed by atoms with E-state index in [0.717, 1.165) is 51.4 Å². The number of carbonyl (C=O) groups excluding carboxylic acids is 1. The van der Waals surface area contributed by atoms with E-state index in [-0.39, 0.29) is 18.9 Å². The standard InChI is InChI=1S/C44H83NO11S/c1-3-5-7-9-11-13-15-16-17-18-19-20-21-22-24-26-28-30-32-34-40(48)45-37(38(47)33-31-29-27-25-23-14-12-10-8-6-4-2)36-54-44-42(50)43(56-57(51,52)53)41(49)39(35-46)55-44/h11,13,15-16,37-39,41-44,46-47,49-50H,3-10,12,14,17-36H2,1-2H3,(H,45,48)(H,51,52,53)/b13-11-,16-15-. The number of allylic oxidation sites excluding steroid dienone is 4. The third kappa shape index (κ3) is 28.6. The zero-order chi connectivity index (χ0) is 42.0. The normalized spacial score (nSPS) is 21.4. The summed E-state index contributed by atoms with van der Waals surface area (Å²) in [6.07, 6.45) is 30.4. The molecule has 1 saturated heterocycles. The molecule has 0 radical (unpaired) electrons. The van der Waals surface area contributed by atoms with Crippen LogP contribution in [-0.2, 0) is 28.9 Å². The molecular formula is C44H83NO11S. The van der Waals surface area contributed by atoms with Crippen molar-refractivity contribution in [2.75, 3.05) is 13.2 Å². The molecule has 0 aromatic carbocycles. The first kappa shape index (κ1) is 53.6. The number of ether oxygens (including phenoxy) is 2. The number of unbranched alkanes of at least 4 members (excludes halogenated alkanes) is 23. The Morgan fingerprint density at radius 1 is 0.702 bits per heavy atom. The fraction of sp³-hybridized carbons (Fsp3) is 0.886. The van der Waals surface area contributed by atoms with Crippen LogP contribution < -0.4 is 5.32 Å². The summed E-state index contributed by atoms with van der Waals surface area (Å²) >= 11 is 0. The molecular weight excluding hydrogens is 751 g/mol. The Hall–Kier alpha value is -1.42. The van der Waals surface area contributed by atoms with Gasteiger partial charge in [-0.2, -0.15) is 8.42 Å². The molecule has 57 heavy (non-hydrogen) atoms. The van der Waals surface area contributed by atoms with Crippen molar-refractivity contribution < 1.29 is 51.8 Å². The van der Waals surface area contributed by atoms with Gasteiger partial charge in [0.2, 0.25) is 5.91 Å². The van der Waals surface area contributed by atoms with Crippen LogP contribution in [0.3, 0.4) is 0 Å². The van der Waals surface area contributed by atoms with E-state index in [1.165, 1.54) is 109 Å². The van der Waals surface area contributed by atoms with E-state index < -0.39 is 59.9 Å². The fourth-order valence-corrected chi connectivity index (χ4v) is 7.72. The van der Waals surface area contributed by atoms with E-state index in [4.69, 9.17) is 14.0 Å². The van der Waals surface area contributed by atoms with Crippen molar-refractivity contribution in [1.29, 1.82) is 0 Å². The number of hydrogen-bond donors (Lipinski definition) is 6. The second-order valence-corrected chi connectivity index (χ2v) is 17.1. The molecule has 7 atom stereocenters. The van der Waals surface area contributed by atoms with Crippen LogP contribution in [0.5, 0.6) is 0 Å². The van der Waals surface area contributed by atoms with Gasteiger partial charge < -0.3 is 35.2 Å². The van der Waals surface area contributed by atoms with Gasteiger partial charge in [-0.3, -0.25) is 9.35 Å². The molecule has 336 valence electrons. The summed E-state index contributed by atoms with van der Waals surface area (Å²) in [4.78, 5) is 13.0. The largest absolute Gasteiger partial charge is 0.397 e. The van der Waals surface area contributed by atoms with Crippen LogP contribution in [0.25, 0.3) is 0 Å². The molecule has 1 aliphatic heterocycles. The molecule has 6 N–H and O–H groups in total. The Labute approximate surface area is 346 Å². The number of aliphatic hydroxyl groups is 4. The van der Waals surface area contributed by atoms with Crippen LogP contribution in [0, 0.1) is 0 Å². The zero-order valence-corrected chi connectivity index (χ0v) is 36.5. The lowest BCUT2D eigenvalue weighted by atomic mass is 9.99. The minimum absolute atomic E-state index is 0.235. The van der Waals surface area contributed by atoms with Gasteiger partial charge >= 0.3 is 10.4 Å². The van der Waals surface area contributed by atoms with Crippen LogP contribution in [0.4, 0.5) is 0 Å². The third-order valence-electron chi connectivity index (χ3n) is 10.8. The number of aliphatic hydroxyl groups excluding tert-OH is 4. The van der Waals surface area contributed by atoms with Gasteiger partial charge in [0, 0.05) is 6.42 Å². The first-order valence-electron chi connectivity index (χ1n) is 22.7. The lowest BCUT2D eigenvalue weighted by Crippen LogP contribution is -2.61. The minimum Gasteiger partial charge on any atom is -0.394 e. The maximum Gasteiger partial charge on any atom is 0.397 e. The van der Waals surface area contributed by atoms with E-state index in [1.807, 2.05) is 0 Å². The first-order chi connectivity index (χ1) is 27.5. The maximum absolute atomic E-state index is 13.0. The molecule has 1 heterocycles. The Morgan fingerprint density at radius 2 is 1.16 bits per heavy atom. The van der Waals surface area contributed by atoms with Crippen LogP contribution in [-0.4, -0.2) is 95.4 Å². The van der Waals surface area contributed by atoms with E-state index in [1.54, 1.807) is 0 Å². The van der Waals surface area contributed by atoms with E-state index in [9.17, 15) is 33.6 Å². The van der Waals surface area contributed by atoms with Gasteiger partial charge in [0.05, 0.1) is 25.4 Å². The minimum atomic E-state index is -5.07. The maximum atomic E-state index is 13.0. The van der Waals surface area contributed by atoms with Crippen molar-refractivity contribution in [3.8, 4) is 0 Å². The number of amides is 1. The highest BCUT2D eigenvalue weighted by Crippen LogP contribution is 2.26. The molecule has 1 fully saturated rings. The average molecular weight is 834 g/mol. The molecule has 0 spiro atoms. The molecule has 0 aliphatic carbocycles. The number of hydrogen-bond acceptors (Lipinski definition) is 10. The average Bonchev–Trinajstić information content (AvgIpc) is 3.18. The summed E-state index contributed by atoms with van der Waals surface area (Å²) in [6.45, 7) is 3.40. The van der Waals surface area contributed by atoms with Crippen LogP contribution >= 0.6 is 0 Å². The molecule has 1 rings (SSSR count). The van der Waals surface area contributed by atoms with E-state index in [2.05, 4.69) is 47.7 Å². The van der Waals surface area contributed by atoms with Crippen molar-refractivity contribution >= 4 is 16.3 Å². The van der Waals surface area contributed by atoms with Gasteiger partial charge in [0.25, 0.3) is 0 Å². The van der Waals surface area contributed by atoms with Crippen molar-refractivity contribution in [3.05, 3.63) is 24.3 Å². The molecule has 12 nitrogen and oxygen atoms in total. The van der Waals surface area contributed by atoms with Crippen molar-refractivity contribution in [2.45, 2.75) is 236 Å².